The molecule has 0 heterocycles. The molecule has 0 fully saturated rings. The van der Waals surface area contributed by atoms with Gasteiger partial charge in [0.2, 0.25) is 10.0 Å². The molecular weight excluding hydrogens is 464 g/mol. The van der Waals surface area contributed by atoms with Crippen molar-refractivity contribution in [1.82, 2.24) is 10.0 Å². The topological polar surface area (TPSA) is 102 Å². The van der Waals surface area contributed by atoms with Crippen molar-refractivity contribution < 1.29 is 22.7 Å². The number of amides is 1. The Hall–Kier alpha value is -2.68. The standard InChI is InChI=1S/C24H27ClN2O5S/c25-21-12-11-20(15-22(21)33(30,31)27-16-19-9-5-2-6-10-19)24(29)32-17-23(28)26-14-13-18-7-3-1-4-8-18/h2,5-7,9-12,15,27H,1,3-4,8,13-14,16-17H2,(H,26,28). The lowest BCUT2D eigenvalue weighted by Gasteiger charge is -2.13. The maximum Gasteiger partial charge on any atom is 0.338 e. The first kappa shape index (κ1) is 25.0. The van der Waals surface area contributed by atoms with Gasteiger partial charge in [0.05, 0.1) is 10.6 Å². The van der Waals surface area contributed by atoms with Crippen molar-refractivity contribution in [3.05, 3.63) is 76.3 Å². The predicted molar refractivity (Wildman–Crippen MR) is 126 cm³/mol. The van der Waals surface area contributed by atoms with Crippen LogP contribution in [0.1, 0.15) is 48.0 Å². The summed E-state index contributed by atoms with van der Waals surface area (Å²) >= 11 is 6.08. The molecule has 9 heteroatoms. The van der Waals surface area contributed by atoms with E-state index in [4.69, 9.17) is 16.3 Å². The van der Waals surface area contributed by atoms with Gasteiger partial charge in [-0.25, -0.2) is 17.9 Å². The molecule has 0 saturated heterocycles. The number of sulfonamides is 1. The zero-order valence-corrected chi connectivity index (χ0v) is 19.8. The Morgan fingerprint density at radius 1 is 1.06 bits per heavy atom. The maximum absolute atomic E-state index is 12.7. The molecule has 2 aromatic carbocycles. The lowest BCUT2D eigenvalue weighted by molar-refractivity contribution is -0.124. The molecule has 0 atom stereocenters. The fraction of sp³-hybridized carbons (Fsp3) is 0.333. The van der Waals surface area contributed by atoms with Gasteiger partial charge in [-0.2, -0.15) is 0 Å². The average molecular weight is 491 g/mol. The Morgan fingerprint density at radius 3 is 2.58 bits per heavy atom. The molecule has 1 amide bonds. The van der Waals surface area contributed by atoms with Crippen LogP contribution in [-0.4, -0.2) is 33.4 Å². The van der Waals surface area contributed by atoms with E-state index in [0.29, 0.717) is 6.54 Å². The molecule has 0 unspecified atom stereocenters. The smallest absolute Gasteiger partial charge is 0.338 e. The second kappa shape index (κ2) is 12.0. The molecule has 176 valence electrons. The number of ether oxygens (including phenoxy) is 1. The van der Waals surface area contributed by atoms with Gasteiger partial charge in [-0.15, -0.1) is 0 Å². The lowest BCUT2D eigenvalue weighted by Crippen LogP contribution is -2.30. The third-order valence-electron chi connectivity index (χ3n) is 5.25. The summed E-state index contributed by atoms with van der Waals surface area (Å²) in [5.74, 6) is -1.22. The molecule has 33 heavy (non-hydrogen) atoms. The van der Waals surface area contributed by atoms with Gasteiger partial charge in [-0.3, -0.25) is 4.79 Å². The largest absolute Gasteiger partial charge is 0.452 e. The van der Waals surface area contributed by atoms with Gasteiger partial charge in [0, 0.05) is 13.1 Å². The first-order valence-corrected chi connectivity index (χ1v) is 12.7. The Morgan fingerprint density at radius 2 is 1.85 bits per heavy atom. The Bertz CT molecular complexity index is 1120. The van der Waals surface area contributed by atoms with Crippen LogP contribution in [0, 0.1) is 0 Å². The second-order valence-electron chi connectivity index (χ2n) is 7.74. The van der Waals surface area contributed by atoms with Crippen LogP contribution in [0.5, 0.6) is 0 Å². The lowest BCUT2D eigenvalue weighted by atomic mass is 9.97. The van der Waals surface area contributed by atoms with Crippen LogP contribution in [-0.2, 0) is 26.1 Å². The normalized spacial score (nSPS) is 13.8. The van der Waals surface area contributed by atoms with Crippen molar-refractivity contribution in [2.75, 3.05) is 13.2 Å². The van der Waals surface area contributed by atoms with Gasteiger partial charge in [-0.1, -0.05) is 53.6 Å². The van der Waals surface area contributed by atoms with Crippen molar-refractivity contribution >= 4 is 33.5 Å². The molecule has 0 spiro atoms. The highest BCUT2D eigenvalue weighted by molar-refractivity contribution is 7.89. The molecular formula is C24H27ClN2O5S. The molecule has 0 radical (unpaired) electrons. The van der Waals surface area contributed by atoms with E-state index in [1.54, 1.807) is 24.3 Å². The van der Waals surface area contributed by atoms with Crippen LogP contribution in [0.4, 0.5) is 0 Å². The Kier molecular flexibility index (Phi) is 9.05. The molecule has 0 aromatic heterocycles. The number of benzene rings is 2. The molecule has 3 rings (SSSR count). The molecule has 0 bridgehead atoms. The van der Waals surface area contributed by atoms with Gasteiger partial charge < -0.3 is 10.1 Å². The van der Waals surface area contributed by atoms with Crippen LogP contribution in [0.3, 0.4) is 0 Å². The number of esters is 1. The minimum atomic E-state index is -3.97. The summed E-state index contributed by atoms with van der Waals surface area (Å²) < 4.78 is 32.9. The molecule has 7 nitrogen and oxygen atoms in total. The third kappa shape index (κ3) is 7.70. The van der Waals surface area contributed by atoms with Gasteiger partial charge in [0.15, 0.2) is 6.61 Å². The number of rotatable bonds is 10. The van der Waals surface area contributed by atoms with E-state index in [2.05, 4.69) is 16.1 Å². The number of hydrogen-bond donors (Lipinski definition) is 2. The summed E-state index contributed by atoms with van der Waals surface area (Å²) in [5, 5.41) is 2.70. The predicted octanol–water partition coefficient (Wildman–Crippen LogP) is 3.98. The van der Waals surface area contributed by atoms with E-state index in [-0.39, 0.29) is 22.0 Å². The highest BCUT2D eigenvalue weighted by atomic mass is 35.5. The molecule has 2 N–H and O–H groups in total. The summed E-state index contributed by atoms with van der Waals surface area (Å²) in [6, 6.07) is 12.8. The van der Waals surface area contributed by atoms with Crippen molar-refractivity contribution in [3.63, 3.8) is 0 Å². The van der Waals surface area contributed by atoms with Crippen LogP contribution >= 0.6 is 11.6 Å². The van der Waals surface area contributed by atoms with E-state index >= 15 is 0 Å². The minimum absolute atomic E-state index is 0.0142. The van der Waals surface area contributed by atoms with Crippen molar-refractivity contribution in [2.45, 2.75) is 43.5 Å². The van der Waals surface area contributed by atoms with Crippen LogP contribution in [0.15, 0.2) is 65.1 Å². The van der Waals surface area contributed by atoms with Crippen LogP contribution in [0.2, 0.25) is 5.02 Å². The summed E-state index contributed by atoms with van der Waals surface area (Å²) in [4.78, 5) is 24.1. The highest BCUT2D eigenvalue weighted by Crippen LogP contribution is 2.23. The summed E-state index contributed by atoms with van der Waals surface area (Å²) in [5.41, 5.74) is 2.10. The van der Waals surface area contributed by atoms with Gasteiger partial charge in [0.1, 0.15) is 4.90 Å². The Balaban J connectivity index is 1.53. The van der Waals surface area contributed by atoms with Gasteiger partial charge >= 0.3 is 5.97 Å². The first-order valence-electron chi connectivity index (χ1n) is 10.8. The highest BCUT2D eigenvalue weighted by Gasteiger charge is 2.21. The number of hydrogen-bond acceptors (Lipinski definition) is 5. The molecule has 0 saturated carbocycles. The zero-order chi connectivity index (χ0) is 23.7. The molecule has 1 aliphatic carbocycles. The second-order valence-corrected chi connectivity index (χ2v) is 9.88. The molecule has 0 aliphatic heterocycles. The number of allylic oxidation sites excluding steroid dienone is 1. The Labute approximate surface area is 199 Å². The summed E-state index contributed by atoms with van der Waals surface area (Å²) in [6.45, 7) is 0.110. The minimum Gasteiger partial charge on any atom is -0.452 e. The van der Waals surface area contributed by atoms with Gasteiger partial charge in [0.25, 0.3) is 5.91 Å². The van der Waals surface area contributed by atoms with Crippen molar-refractivity contribution in [2.24, 2.45) is 0 Å². The third-order valence-corrected chi connectivity index (χ3v) is 7.14. The van der Waals surface area contributed by atoms with E-state index < -0.39 is 28.5 Å². The van der Waals surface area contributed by atoms with Crippen LogP contribution in [0.25, 0.3) is 0 Å². The van der Waals surface area contributed by atoms with Crippen molar-refractivity contribution in [1.29, 1.82) is 0 Å². The van der Waals surface area contributed by atoms with E-state index in [1.165, 1.54) is 30.5 Å². The number of halogens is 1. The fourth-order valence-electron chi connectivity index (χ4n) is 3.45. The van der Waals surface area contributed by atoms with E-state index in [1.807, 2.05) is 6.07 Å². The molecule has 1 aliphatic rings. The number of carbonyl (C=O) groups excluding carboxylic acids is 2. The van der Waals surface area contributed by atoms with Crippen LogP contribution < -0.4 is 10.0 Å². The molecule has 2 aromatic rings. The average Bonchev–Trinajstić information content (AvgIpc) is 2.83. The first-order chi connectivity index (χ1) is 15.8. The van der Waals surface area contributed by atoms with Gasteiger partial charge in [-0.05, 0) is 55.9 Å². The monoisotopic (exact) mass is 490 g/mol. The van der Waals surface area contributed by atoms with E-state index in [0.717, 1.165) is 30.9 Å². The number of nitrogens with one attached hydrogen (secondary N) is 2. The number of carbonyl (C=O) groups is 2. The van der Waals surface area contributed by atoms with Crippen molar-refractivity contribution in [3.8, 4) is 0 Å². The maximum atomic E-state index is 12.7. The summed E-state index contributed by atoms with van der Waals surface area (Å²) in [7, 11) is -3.97. The SMILES string of the molecule is O=C(COC(=O)c1ccc(Cl)c(S(=O)(=O)NCc2ccccc2)c1)NCCC1=CCCCC1. The van der Waals surface area contributed by atoms with E-state index in [9.17, 15) is 18.0 Å². The fourth-order valence-corrected chi connectivity index (χ4v) is 4.99. The zero-order valence-electron chi connectivity index (χ0n) is 18.2. The summed E-state index contributed by atoms with van der Waals surface area (Å²) in [6.07, 6.45) is 7.54. The quantitative estimate of drug-likeness (QED) is 0.387.